The van der Waals surface area contributed by atoms with Crippen LogP contribution in [0.2, 0.25) is 0 Å². The molecular weight excluding hydrogens is 182 g/mol. The van der Waals surface area contributed by atoms with Gasteiger partial charge in [0.2, 0.25) is 5.76 Å². The van der Waals surface area contributed by atoms with Crippen LogP contribution in [-0.4, -0.2) is 11.1 Å². The van der Waals surface area contributed by atoms with E-state index in [9.17, 15) is 4.79 Å². The maximum atomic E-state index is 10.7. The summed E-state index contributed by atoms with van der Waals surface area (Å²) < 4.78 is 4.87. The van der Waals surface area contributed by atoms with Gasteiger partial charge in [0, 0.05) is 10.8 Å². The molecule has 4 heteroatoms. The number of rotatable bonds is 1. The number of furan rings is 1. The van der Waals surface area contributed by atoms with E-state index in [-0.39, 0.29) is 5.76 Å². The van der Waals surface area contributed by atoms with Crippen molar-refractivity contribution in [3.63, 3.8) is 0 Å². The molecule has 68 valence electrons. The van der Waals surface area contributed by atoms with Crippen LogP contribution in [0.5, 0.6) is 0 Å². The first-order chi connectivity index (χ1) is 6.72. The number of nitrogens with zero attached hydrogens (tertiary/aromatic N) is 1. The monoisotopic (exact) mass is 187 g/mol. The summed E-state index contributed by atoms with van der Waals surface area (Å²) in [4.78, 5) is 10.7. The number of hydrogen-bond acceptors (Lipinski definition) is 3. The first kappa shape index (κ1) is 8.32. The minimum absolute atomic E-state index is 0.0931. The second kappa shape index (κ2) is 2.89. The maximum Gasteiger partial charge on any atom is 0.372 e. The van der Waals surface area contributed by atoms with Gasteiger partial charge in [0.1, 0.15) is 0 Å². The summed E-state index contributed by atoms with van der Waals surface area (Å²) in [7, 11) is 0. The minimum atomic E-state index is -1.11. The fraction of sp³-hybridized carbons (Fsp3) is 0. The Morgan fingerprint density at radius 3 is 2.93 bits per heavy atom. The van der Waals surface area contributed by atoms with Gasteiger partial charge in [-0.15, -0.1) is 0 Å². The van der Waals surface area contributed by atoms with Gasteiger partial charge >= 0.3 is 5.97 Å². The molecule has 0 saturated heterocycles. The molecule has 0 saturated carbocycles. The van der Waals surface area contributed by atoms with Crippen LogP contribution in [0.3, 0.4) is 0 Å². The van der Waals surface area contributed by atoms with Crippen LogP contribution in [0, 0.1) is 11.3 Å². The van der Waals surface area contributed by atoms with Gasteiger partial charge in [0.15, 0.2) is 0 Å². The van der Waals surface area contributed by atoms with E-state index in [2.05, 4.69) is 0 Å². The summed E-state index contributed by atoms with van der Waals surface area (Å²) in [6, 6.07) is 6.69. The Hall–Kier alpha value is -2.28. The van der Waals surface area contributed by atoms with Gasteiger partial charge in [0.05, 0.1) is 17.9 Å². The van der Waals surface area contributed by atoms with Gasteiger partial charge in [-0.2, -0.15) is 5.26 Å². The molecule has 0 fully saturated rings. The molecule has 0 aliphatic carbocycles. The largest absolute Gasteiger partial charge is 0.475 e. The second-order valence-corrected chi connectivity index (χ2v) is 2.78. The van der Waals surface area contributed by atoms with E-state index < -0.39 is 5.97 Å². The van der Waals surface area contributed by atoms with Crippen molar-refractivity contribution >= 4 is 16.7 Å². The van der Waals surface area contributed by atoms with Crippen molar-refractivity contribution in [2.75, 3.05) is 0 Å². The standard InChI is InChI=1S/C10H5NO3/c11-4-6-1-2-8-7(3-6)5-14-9(8)10(12)13/h1-3,5H,(H,12,13). The molecule has 0 bridgehead atoms. The van der Waals surface area contributed by atoms with Crippen molar-refractivity contribution in [1.29, 1.82) is 5.26 Å². The number of fused-ring (bicyclic) bond motifs is 1. The molecule has 2 aromatic rings. The number of carboxylic acid groups (broad SMARTS) is 1. The topological polar surface area (TPSA) is 74.2 Å². The van der Waals surface area contributed by atoms with Crippen LogP contribution in [0.25, 0.3) is 10.8 Å². The Labute approximate surface area is 79.0 Å². The first-order valence-corrected chi connectivity index (χ1v) is 3.87. The van der Waals surface area contributed by atoms with E-state index in [1.165, 1.54) is 6.26 Å². The van der Waals surface area contributed by atoms with Crippen molar-refractivity contribution in [2.24, 2.45) is 0 Å². The van der Waals surface area contributed by atoms with Crippen LogP contribution >= 0.6 is 0 Å². The maximum absolute atomic E-state index is 10.7. The van der Waals surface area contributed by atoms with Crippen molar-refractivity contribution in [1.82, 2.24) is 0 Å². The van der Waals surface area contributed by atoms with E-state index in [4.69, 9.17) is 14.8 Å². The number of benzene rings is 1. The van der Waals surface area contributed by atoms with E-state index in [0.29, 0.717) is 16.3 Å². The molecule has 0 aliphatic heterocycles. The molecule has 0 unspecified atom stereocenters. The molecule has 1 heterocycles. The number of aromatic carboxylic acids is 1. The molecule has 4 nitrogen and oxygen atoms in total. The summed E-state index contributed by atoms with van der Waals surface area (Å²) in [5.74, 6) is -1.20. The highest BCUT2D eigenvalue weighted by atomic mass is 16.4. The van der Waals surface area contributed by atoms with Crippen molar-refractivity contribution < 1.29 is 14.3 Å². The fourth-order valence-corrected chi connectivity index (χ4v) is 1.29. The zero-order chi connectivity index (χ0) is 10.1. The lowest BCUT2D eigenvalue weighted by Gasteiger charge is -1.90. The zero-order valence-electron chi connectivity index (χ0n) is 7.02. The zero-order valence-corrected chi connectivity index (χ0v) is 7.02. The van der Waals surface area contributed by atoms with Crippen molar-refractivity contribution in [3.05, 3.63) is 35.8 Å². The summed E-state index contributed by atoms with van der Waals surface area (Å²) in [5, 5.41) is 18.5. The molecule has 14 heavy (non-hydrogen) atoms. The number of carbonyl (C=O) groups is 1. The Balaban J connectivity index is 2.73. The van der Waals surface area contributed by atoms with Crippen molar-refractivity contribution in [3.8, 4) is 6.07 Å². The summed E-state index contributed by atoms with van der Waals surface area (Å²) in [6.45, 7) is 0. The number of carboxylic acids is 1. The van der Waals surface area contributed by atoms with E-state index in [1.807, 2.05) is 6.07 Å². The highest BCUT2D eigenvalue weighted by molar-refractivity contribution is 6.01. The lowest BCUT2D eigenvalue weighted by molar-refractivity contribution is 0.0665. The molecule has 1 N–H and O–H groups in total. The Morgan fingerprint density at radius 2 is 2.29 bits per heavy atom. The SMILES string of the molecule is N#Cc1ccc2c(C(=O)O)occ2c1. The highest BCUT2D eigenvalue weighted by Gasteiger charge is 2.12. The van der Waals surface area contributed by atoms with E-state index in [1.54, 1.807) is 18.2 Å². The third-order valence-corrected chi connectivity index (χ3v) is 1.92. The smallest absolute Gasteiger partial charge is 0.372 e. The highest BCUT2D eigenvalue weighted by Crippen LogP contribution is 2.21. The van der Waals surface area contributed by atoms with Gasteiger partial charge in [-0.25, -0.2) is 4.79 Å². The first-order valence-electron chi connectivity index (χ1n) is 3.87. The Kier molecular flexibility index (Phi) is 1.72. The Morgan fingerprint density at radius 1 is 1.50 bits per heavy atom. The molecule has 0 amide bonds. The average molecular weight is 187 g/mol. The third kappa shape index (κ3) is 1.12. The number of hydrogen-bond donors (Lipinski definition) is 1. The van der Waals surface area contributed by atoms with Gasteiger partial charge in [-0.1, -0.05) is 0 Å². The van der Waals surface area contributed by atoms with Gasteiger partial charge < -0.3 is 9.52 Å². The predicted octanol–water partition coefficient (Wildman–Crippen LogP) is 2.00. The third-order valence-electron chi connectivity index (χ3n) is 1.92. The Bertz CT molecular complexity index is 548. The quantitative estimate of drug-likeness (QED) is 0.740. The van der Waals surface area contributed by atoms with Gasteiger partial charge in [0.25, 0.3) is 0 Å². The van der Waals surface area contributed by atoms with Crippen LogP contribution in [-0.2, 0) is 0 Å². The van der Waals surface area contributed by atoms with Crippen LogP contribution in [0.15, 0.2) is 28.9 Å². The summed E-state index contributed by atoms with van der Waals surface area (Å²) in [5.41, 5.74) is 0.482. The molecule has 0 aliphatic rings. The molecular formula is C10H5NO3. The fourth-order valence-electron chi connectivity index (χ4n) is 1.29. The second-order valence-electron chi connectivity index (χ2n) is 2.78. The molecule has 1 aromatic heterocycles. The van der Waals surface area contributed by atoms with Crippen LogP contribution < -0.4 is 0 Å². The average Bonchev–Trinajstić information content (AvgIpc) is 2.59. The normalized spacial score (nSPS) is 9.93. The number of nitriles is 1. The van der Waals surface area contributed by atoms with Crippen LogP contribution in [0.1, 0.15) is 16.1 Å². The lowest BCUT2D eigenvalue weighted by atomic mass is 10.1. The molecule has 0 atom stereocenters. The van der Waals surface area contributed by atoms with Gasteiger partial charge in [-0.3, -0.25) is 0 Å². The van der Waals surface area contributed by atoms with E-state index >= 15 is 0 Å². The predicted molar refractivity (Wildman–Crippen MR) is 47.9 cm³/mol. The molecule has 0 spiro atoms. The van der Waals surface area contributed by atoms with Crippen LogP contribution in [0.4, 0.5) is 0 Å². The summed E-state index contributed by atoms with van der Waals surface area (Å²) >= 11 is 0. The lowest BCUT2D eigenvalue weighted by Crippen LogP contribution is -1.93. The molecule has 1 aromatic carbocycles. The van der Waals surface area contributed by atoms with Crippen molar-refractivity contribution in [2.45, 2.75) is 0 Å². The van der Waals surface area contributed by atoms with E-state index in [0.717, 1.165) is 0 Å². The van der Waals surface area contributed by atoms with Gasteiger partial charge in [-0.05, 0) is 18.2 Å². The minimum Gasteiger partial charge on any atom is -0.475 e. The molecule has 2 rings (SSSR count). The molecule has 0 radical (unpaired) electrons. The summed E-state index contributed by atoms with van der Waals surface area (Å²) in [6.07, 6.45) is 1.33.